The van der Waals surface area contributed by atoms with Crippen molar-refractivity contribution in [2.45, 2.75) is 90.2 Å². The Morgan fingerprint density at radius 3 is 2.57 bits per heavy atom. The van der Waals surface area contributed by atoms with Crippen LogP contribution in [-0.4, -0.2) is 63.8 Å². The number of fused-ring (bicyclic) bond motifs is 5. The number of rotatable bonds is 9. The van der Waals surface area contributed by atoms with Gasteiger partial charge in [0.2, 0.25) is 0 Å². The normalized spacial score (nSPS) is 38.6. The van der Waals surface area contributed by atoms with Crippen LogP contribution in [0.2, 0.25) is 0 Å². The fraction of sp³-hybridized carbons (Fsp3) is 0.786. The molecule has 0 spiro atoms. The van der Waals surface area contributed by atoms with Gasteiger partial charge in [0.05, 0.1) is 5.71 Å². The molecule has 0 aliphatic heterocycles. The Balaban J connectivity index is 1.39. The molecule has 3 fully saturated rings. The maximum atomic E-state index is 12.4. The van der Waals surface area contributed by atoms with Gasteiger partial charge in [-0.2, -0.15) is 11.8 Å². The first kappa shape index (κ1) is 28.1. The number of allylic oxidation sites excluding steroid dienone is 2. The van der Waals surface area contributed by atoms with Crippen LogP contribution in [0.15, 0.2) is 16.8 Å². The molecule has 3 N–H and O–H groups in total. The van der Waals surface area contributed by atoms with Crippen LogP contribution < -0.4 is 5.32 Å². The molecule has 8 nitrogen and oxygen atoms in total. The zero-order valence-corrected chi connectivity index (χ0v) is 23.4. The number of aliphatic hydroxyl groups is 1. The Kier molecular flexibility index (Phi) is 8.15. The largest absolute Gasteiger partial charge is 0.480 e. The Morgan fingerprint density at radius 2 is 1.89 bits per heavy atom. The van der Waals surface area contributed by atoms with E-state index in [1.54, 1.807) is 6.92 Å². The zero-order chi connectivity index (χ0) is 27.0. The molecule has 206 valence electrons. The van der Waals surface area contributed by atoms with Gasteiger partial charge >= 0.3 is 5.97 Å². The highest BCUT2D eigenvalue weighted by atomic mass is 32.2. The number of aliphatic carboxylic acids is 1. The number of carbonyl (C=O) groups excluding carboxylic acids is 2. The van der Waals surface area contributed by atoms with Crippen molar-refractivity contribution in [3.8, 4) is 0 Å². The number of oxime groups is 1. The van der Waals surface area contributed by atoms with Crippen molar-refractivity contribution in [2.24, 2.45) is 33.7 Å². The van der Waals surface area contributed by atoms with Crippen LogP contribution >= 0.6 is 11.8 Å². The number of hydrogen-bond acceptors (Lipinski definition) is 7. The molecule has 3 saturated carbocycles. The minimum absolute atomic E-state index is 0.0730. The number of Topliss-reactive ketones (excluding diaryl/α,β-unsaturated/α-hetero) is 1. The van der Waals surface area contributed by atoms with Gasteiger partial charge in [0.1, 0.15) is 11.6 Å². The summed E-state index contributed by atoms with van der Waals surface area (Å²) in [5, 5.41) is 27.3. The fourth-order valence-corrected chi connectivity index (χ4v) is 8.61. The number of hydrogen-bond donors (Lipinski definition) is 3. The highest BCUT2D eigenvalue weighted by Gasteiger charge is 2.65. The molecule has 0 radical (unpaired) electrons. The van der Waals surface area contributed by atoms with Crippen LogP contribution in [0.5, 0.6) is 0 Å². The van der Waals surface area contributed by atoms with Crippen LogP contribution in [0.3, 0.4) is 0 Å². The molecule has 37 heavy (non-hydrogen) atoms. The molecule has 7 atom stereocenters. The Labute approximate surface area is 224 Å². The summed E-state index contributed by atoms with van der Waals surface area (Å²) in [6, 6.07) is -0.924. The minimum atomic E-state index is -1.19. The first-order valence-electron chi connectivity index (χ1n) is 13.6. The van der Waals surface area contributed by atoms with E-state index in [4.69, 9.17) is 4.84 Å². The minimum Gasteiger partial charge on any atom is -0.480 e. The zero-order valence-electron chi connectivity index (χ0n) is 22.5. The second-order valence-electron chi connectivity index (χ2n) is 12.0. The third kappa shape index (κ3) is 4.98. The summed E-state index contributed by atoms with van der Waals surface area (Å²) in [7, 11) is 0. The maximum Gasteiger partial charge on any atom is 0.326 e. The average molecular weight is 535 g/mol. The van der Waals surface area contributed by atoms with Crippen molar-refractivity contribution in [1.82, 2.24) is 5.32 Å². The molecule has 4 aliphatic carbocycles. The third-order valence-electron chi connectivity index (χ3n) is 10.3. The standard InChI is InChI=1S/C28H42N2O6S/c1-17(31)28(35)13-9-22-20-6-5-18-15-19(7-11-26(18,2)21(20)8-12-27(22,28)3)30-36-16-24(32)29-23(25(33)34)10-14-37-4/h15,20-23,35H,5-14,16H2,1-4H3,(H,29,32)(H,33,34)/b30-19+/t20-,21+,22+,23-,26-,27-,28-/m0/s1. The highest BCUT2D eigenvalue weighted by molar-refractivity contribution is 7.98. The lowest BCUT2D eigenvalue weighted by atomic mass is 9.46. The lowest BCUT2D eigenvalue weighted by molar-refractivity contribution is -0.159. The molecular weight excluding hydrogens is 492 g/mol. The van der Waals surface area contributed by atoms with Gasteiger partial charge in [0.15, 0.2) is 12.4 Å². The van der Waals surface area contributed by atoms with E-state index in [1.807, 2.05) is 6.26 Å². The summed E-state index contributed by atoms with van der Waals surface area (Å²) in [6.07, 6.45) is 11.6. The quantitative estimate of drug-likeness (QED) is 0.382. The van der Waals surface area contributed by atoms with Gasteiger partial charge in [-0.1, -0.05) is 24.6 Å². The lowest BCUT2D eigenvalue weighted by Crippen LogP contribution is -2.57. The van der Waals surface area contributed by atoms with Crippen LogP contribution in [0.25, 0.3) is 0 Å². The van der Waals surface area contributed by atoms with E-state index >= 15 is 0 Å². The van der Waals surface area contributed by atoms with Crippen LogP contribution in [-0.2, 0) is 19.2 Å². The molecular formula is C28H42N2O6S. The molecule has 0 unspecified atom stereocenters. The topological polar surface area (TPSA) is 125 Å². The van der Waals surface area contributed by atoms with Crippen molar-refractivity contribution < 1.29 is 29.4 Å². The van der Waals surface area contributed by atoms with E-state index in [2.05, 4.69) is 30.4 Å². The number of carboxylic acid groups (broad SMARTS) is 1. The molecule has 4 aliphatic rings. The SMILES string of the molecule is CSCC[C@H](NC(=O)CO/N=C1/C=C2CC[C@H]3[C@@H](CC[C@@]4(C)[C@@H]3CC[C@]4(O)C(C)=O)[C@@]2(C)CC1)C(=O)O. The van der Waals surface area contributed by atoms with E-state index in [9.17, 15) is 24.6 Å². The lowest BCUT2D eigenvalue weighted by Gasteiger charge is -2.59. The van der Waals surface area contributed by atoms with Gasteiger partial charge in [-0.3, -0.25) is 9.59 Å². The predicted molar refractivity (Wildman–Crippen MR) is 143 cm³/mol. The average Bonchev–Trinajstić information content (AvgIpc) is 3.13. The van der Waals surface area contributed by atoms with Crippen molar-refractivity contribution in [3.63, 3.8) is 0 Å². The first-order valence-corrected chi connectivity index (χ1v) is 15.0. The number of ketones is 1. The van der Waals surface area contributed by atoms with Gasteiger partial charge in [-0.25, -0.2) is 4.79 Å². The van der Waals surface area contributed by atoms with Gasteiger partial charge in [-0.15, -0.1) is 0 Å². The summed E-state index contributed by atoms with van der Waals surface area (Å²) in [4.78, 5) is 41.3. The molecule has 0 bridgehead atoms. The van der Waals surface area contributed by atoms with Gasteiger partial charge < -0.3 is 20.4 Å². The van der Waals surface area contributed by atoms with Crippen molar-refractivity contribution in [2.75, 3.05) is 18.6 Å². The monoisotopic (exact) mass is 534 g/mol. The summed E-state index contributed by atoms with van der Waals surface area (Å²) in [6.45, 7) is 5.76. The fourth-order valence-electron chi connectivity index (χ4n) is 8.14. The highest BCUT2D eigenvalue weighted by Crippen LogP contribution is 2.67. The third-order valence-corrected chi connectivity index (χ3v) is 11.0. The second kappa shape index (κ2) is 10.7. The Morgan fingerprint density at radius 1 is 1.16 bits per heavy atom. The molecule has 0 aromatic carbocycles. The number of nitrogens with one attached hydrogen (secondary N) is 1. The van der Waals surface area contributed by atoms with Crippen molar-refractivity contribution in [3.05, 3.63) is 11.6 Å². The first-order chi connectivity index (χ1) is 17.5. The summed E-state index contributed by atoms with van der Waals surface area (Å²) < 4.78 is 0. The molecule has 0 aromatic rings. The predicted octanol–water partition coefficient (Wildman–Crippen LogP) is 3.96. The number of carboxylic acids is 1. The Hall–Kier alpha value is -1.87. The van der Waals surface area contributed by atoms with E-state index in [0.29, 0.717) is 36.3 Å². The van der Waals surface area contributed by atoms with Gasteiger partial charge in [0.25, 0.3) is 5.91 Å². The summed E-state index contributed by atoms with van der Waals surface area (Å²) in [5.74, 6) is 0.450. The smallest absolute Gasteiger partial charge is 0.326 e. The van der Waals surface area contributed by atoms with Crippen LogP contribution in [0, 0.1) is 28.6 Å². The Bertz CT molecular complexity index is 997. The van der Waals surface area contributed by atoms with Crippen LogP contribution in [0.4, 0.5) is 0 Å². The van der Waals surface area contributed by atoms with Crippen molar-refractivity contribution >= 4 is 35.1 Å². The van der Waals surface area contributed by atoms with E-state index in [0.717, 1.165) is 50.7 Å². The maximum absolute atomic E-state index is 12.4. The second-order valence-corrected chi connectivity index (χ2v) is 13.0. The molecule has 4 rings (SSSR count). The van der Waals surface area contributed by atoms with Crippen LogP contribution in [0.1, 0.15) is 78.6 Å². The molecule has 0 heterocycles. The molecule has 1 amide bonds. The summed E-state index contributed by atoms with van der Waals surface area (Å²) >= 11 is 1.53. The van der Waals surface area contributed by atoms with Gasteiger partial charge in [-0.05, 0) is 106 Å². The van der Waals surface area contributed by atoms with E-state index < -0.39 is 23.5 Å². The van der Waals surface area contributed by atoms with E-state index in [1.165, 1.54) is 17.3 Å². The van der Waals surface area contributed by atoms with E-state index in [-0.39, 0.29) is 23.2 Å². The number of amides is 1. The van der Waals surface area contributed by atoms with Gasteiger partial charge in [0, 0.05) is 5.41 Å². The molecule has 0 aromatic heterocycles. The summed E-state index contributed by atoms with van der Waals surface area (Å²) in [5.41, 5.74) is 0.766. The number of carbonyl (C=O) groups is 3. The number of nitrogens with zero attached hydrogens (tertiary/aromatic N) is 1. The molecule has 9 heteroatoms. The molecule has 0 saturated heterocycles. The van der Waals surface area contributed by atoms with Crippen molar-refractivity contribution in [1.29, 1.82) is 0 Å². The number of thioether (sulfide) groups is 1.